The molecule has 1 aromatic rings. The molecule has 0 bridgehead atoms. The van der Waals surface area contributed by atoms with Gasteiger partial charge in [0.2, 0.25) is 0 Å². The van der Waals surface area contributed by atoms with E-state index in [0.717, 1.165) is 30.8 Å². The van der Waals surface area contributed by atoms with Crippen LogP contribution in [0.3, 0.4) is 0 Å². The Morgan fingerprint density at radius 2 is 2.04 bits per heavy atom. The van der Waals surface area contributed by atoms with Crippen molar-refractivity contribution >= 4 is 5.91 Å². The van der Waals surface area contributed by atoms with Crippen LogP contribution in [0.1, 0.15) is 41.7 Å². The van der Waals surface area contributed by atoms with Crippen molar-refractivity contribution in [1.82, 2.24) is 19.6 Å². The van der Waals surface area contributed by atoms with E-state index in [1.165, 1.54) is 0 Å². The number of carbonyl (C=O) groups excluding carboxylic acids is 1. The van der Waals surface area contributed by atoms with E-state index in [1.807, 2.05) is 25.8 Å². The fourth-order valence-electron chi connectivity index (χ4n) is 3.49. The molecule has 1 saturated heterocycles. The number of hydrogen-bond donors (Lipinski definition) is 0. The minimum Gasteiger partial charge on any atom is -0.369 e. The minimum atomic E-state index is -0.0750. The van der Waals surface area contributed by atoms with Crippen LogP contribution in [-0.4, -0.2) is 64.3 Å². The zero-order chi connectivity index (χ0) is 16.6. The smallest absolute Gasteiger partial charge is 0.272 e. The summed E-state index contributed by atoms with van der Waals surface area (Å²) in [6.07, 6.45) is 0.748. The van der Waals surface area contributed by atoms with Crippen molar-refractivity contribution in [2.45, 2.75) is 32.5 Å². The van der Waals surface area contributed by atoms with Gasteiger partial charge in [-0.3, -0.25) is 14.4 Å². The van der Waals surface area contributed by atoms with Crippen LogP contribution in [0.15, 0.2) is 0 Å². The summed E-state index contributed by atoms with van der Waals surface area (Å²) in [5, 5.41) is 13.3. The van der Waals surface area contributed by atoms with Crippen LogP contribution in [0.25, 0.3) is 0 Å². The van der Waals surface area contributed by atoms with Gasteiger partial charge in [0, 0.05) is 45.2 Å². The predicted molar refractivity (Wildman–Crippen MR) is 83.8 cm³/mol. The SMILES string of the molecule is C[C@@H]1Cc2c(nn(C)c2C(=O)N2CCN(CC#N)CC2)[C@H](C)O1. The lowest BCUT2D eigenvalue weighted by Crippen LogP contribution is -2.49. The van der Waals surface area contributed by atoms with Gasteiger partial charge in [-0.05, 0) is 13.8 Å². The number of amides is 1. The Balaban J connectivity index is 1.80. The largest absolute Gasteiger partial charge is 0.369 e. The first-order valence-electron chi connectivity index (χ1n) is 8.11. The van der Waals surface area contributed by atoms with E-state index in [0.29, 0.717) is 25.3 Å². The van der Waals surface area contributed by atoms with Gasteiger partial charge in [0.1, 0.15) is 5.69 Å². The van der Waals surface area contributed by atoms with Gasteiger partial charge in [0.15, 0.2) is 0 Å². The second kappa shape index (κ2) is 6.30. The van der Waals surface area contributed by atoms with E-state index in [2.05, 4.69) is 16.1 Å². The molecule has 3 rings (SSSR count). The van der Waals surface area contributed by atoms with Crippen LogP contribution < -0.4 is 0 Å². The van der Waals surface area contributed by atoms with Crippen molar-refractivity contribution in [3.05, 3.63) is 17.0 Å². The van der Waals surface area contributed by atoms with Crippen molar-refractivity contribution in [2.24, 2.45) is 7.05 Å². The average molecular weight is 317 g/mol. The van der Waals surface area contributed by atoms with Crippen molar-refractivity contribution in [3.8, 4) is 6.07 Å². The van der Waals surface area contributed by atoms with Gasteiger partial charge in [0.25, 0.3) is 5.91 Å². The fourth-order valence-corrected chi connectivity index (χ4v) is 3.49. The summed E-state index contributed by atoms with van der Waals surface area (Å²) in [6.45, 7) is 7.24. The Hall–Kier alpha value is -1.91. The summed E-state index contributed by atoms with van der Waals surface area (Å²) in [5.74, 6) is 0.0409. The number of hydrogen-bond acceptors (Lipinski definition) is 5. The van der Waals surface area contributed by atoms with Gasteiger partial charge in [-0.15, -0.1) is 0 Å². The summed E-state index contributed by atoms with van der Waals surface area (Å²) >= 11 is 0. The second-order valence-corrected chi connectivity index (χ2v) is 6.36. The summed E-state index contributed by atoms with van der Waals surface area (Å²) in [6, 6.07) is 2.16. The number of piperazine rings is 1. The van der Waals surface area contributed by atoms with Crippen molar-refractivity contribution in [1.29, 1.82) is 5.26 Å². The summed E-state index contributed by atoms with van der Waals surface area (Å²) in [5.41, 5.74) is 2.61. The highest BCUT2D eigenvalue weighted by molar-refractivity contribution is 5.94. The highest BCUT2D eigenvalue weighted by atomic mass is 16.5. The first-order chi connectivity index (χ1) is 11.0. The number of aryl methyl sites for hydroxylation is 1. The highest BCUT2D eigenvalue weighted by Gasteiger charge is 2.33. The number of ether oxygens (including phenoxy) is 1. The summed E-state index contributed by atoms with van der Waals surface area (Å²) in [7, 11) is 1.83. The monoisotopic (exact) mass is 317 g/mol. The van der Waals surface area contributed by atoms with Crippen molar-refractivity contribution < 1.29 is 9.53 Å². The third-order valence-electron chi connectivity index (χ3n) is 4.65. The lowest BCUT2D eigenvalue weighted by molar-refractivity contribution is -0.00715. The maximum atomic E-state index is 13.0. The molecule has 0 spiro atoms. The van der Waals surface area contributed by atoms with Crippen molar-refractivity contribution in [3.63, 3.8) is 0 Å². The molecule has 0 aliphatic carbocycles. The Labute approximate surface area is 136 Å². The van der Waals surface area contributed by atoms with Gasteiger partial charge in [-0.25, -0.2) is 0 Å². The molecule has 0 aromatic carbocycles. The molecule has 2 aliphatic heterocycles. The Morgan fingerprint density at radius 1 is 1.35 bits per heavy atom. The zero-order valence-corrected chi connectivity index (χ0v) is 13.9. The lowest BCUT2D eigenvalue weighted by atomic mass is 9.99. The fraction of sp³-hybridized carbons (Fsp3) is 0.688. The molecule has 7 heteroatoms. The molecule has 0 saturated carbocycles. The van der Waals surface area contributed by atoms with Gasteiger partial charge in [-0.1, -0.05) is 0 Å². The number of carbonyl (C=O) groups is 1. The molecule has 0 unspecified atom stereocenters. The standard InChI is InChI=1S/C16H23N5O2/c1-11-10-13-14(12(2)23-11)18-19(3)15(13)16(22)21-8-6-20(5-4-17)7-9-21/h11-12H,5-10H2,1-3H3/t11-,12+/m1/s1. The molecule has 0 radical (unpaired) electrons. The van der Waals surface area contributed by atoms with Crippen LogP contribution in [0, 0.1) is 11.3 Å². The maximum absolute atomic E-state index is 13.0. The van der Waals surface area contributed by atoms with Crippen LogP contribution in [0.2, 0.25) is 0 Å². The zero-order valence-electron chi connectivity index (χ0n) is 13.9. The summed E-state index contributed by atoms with van der Waals surface area (Å²) in [4.78, 5) is 16.9. The minimum absolute atomic E-state index is 0.0409. The molecule has 1 fully saturated rings. The van der Waals surface area contributed by atoms with E-state index in [-0.39, 0.29) is 18.1 Å². The molecule has 0 N–H and O–H groups in total. The maximum Gasteiger partial charge on any atom is 0.272 e. The highest BCUT2D eigenvalue weighted by Crippen LogP contribution is 2.31. The Morgan fingerprint density at radius 3 is 2.70 bits per heavy atom. The number of fused-ring (bicyclic) bond motifs is 1. The third-order valence-corrected chi connectivity index (χ3v) is 4.65. The molecule has 2 atom stereocenters. The normalized spacial score (nSPS) is 25.0. The molecule has 1 amide bonds. The van der Waals surface area contributed by atoms with Crippen LogP contribution in [-0.2, 0) is 18.2 Å². The molecule has 124 valence electrons. The number of rotatable bonds is 2. The van der Waals surface area contributed by atoms with Gasteiger partial charge in [0.05, 0.1) is 30.5 Å². The topological polar surface area (TPSA) is 74.4 Å². The molecule has 7 nitrogen and oxygen atoms in total. The van der Waals surface area contributed by atoms with Crippen LogP contribution >= 0.6 is 0 Å². The Bertz CT molecular complexity index is 640. The van der Waals surface area contributed by atoms with E-state index in [9.17, 15) is 4.79 Å². The first-order valence-corrected chi connectivity index (χ1v) is 8.11. The second-order valence-electron chi connectivity index (χ2n) is 6.36. The van der Waals surface area contributed by atoms with Crippen LogP contribution in [0.4, 0.5) is 0 Å². The Kier molecular flexibility index (Phi) is 4.37. The molecule has 2 aliphatic rings. The first kappa shape index (κ1) is 16.0. The van der Waals surface area contributed by atoms with Crippen molar-refractivity contribution in [2.75, 3.05) is 32.7 Å². The van der Waals surface area contributed by atoms with Crippen LogP contribution in [0.5, 0.6) is 0 Å². The quantitative estimate of drug-likeness (QED) is 0.752. The average Bonchev–Trinajstić information content (AvgIpc) is 2.84. The molecule has 3 heterocycles. The number of aromatic nitrogens is 2. The number of nitrogens with zero attached hydrogens (tertiary/aromatic N) is 5. The lowest BCUT2D eigenvalue weighted by Gasteiger charge is -2.33. The van der Waals surface area contributed by atoms with Gasteiger partial charge < -0.3 is 9.64 Å². The van der Waals surface area contributed by atoms with Gasteiger partial charge in [-0.2, -0.15) is 10.4 Å². The van der Waals surface area contributed by atoms with E-state index in [4.69, 9.17) is 10.00 Å². The molecule has 23 heavy (non-hydrogen) atoms. The molecular weight excluding hydrogens is 294 g/mol. The van der Waals surface area contributed by atoms with E-state index < -0.39 is 0 Å². The van der Waals surface area contributed by atoms with E-state index >= 15 is 0 Å². The van der Waals surface area contributed by atoms with Gasteiger partial charge >= 0.3 is 0 Å². The molecular formula is C16H23N5O2. The van der Waals surface area contributed by atoms with E-state index in [1.54, 1.807) is 4.68 Å². The predicted octanol–water partition coefficient (Wildman–Crippen LogP) is 0.724. The third kappa shape index (κ3) is 2.96. The molecule has 1 aromatic heterocycles. The number of nitriles is 1. The summed E-state index contributed by atoms with van der Waals surface area (Å²) < 4.78 is 7.51.